The van der Waals surface area contributed by atoms with Crippen LogP contribution in [0, 0.1) is 5.95 Å². The van der Waals surface area contributed by atoms with Crippen LogP contribution in [0.15, 0.2) is 48.8 Å². The number of piperidine rings is 2. The van der Waals surface area contributed by atoms with Crippen LogP contribution >= 0.6 is 0 Å². The number of hydrogen-bond acceptors (Lipinski definition) is 16. The van der Waals surface area contributed by atoms with E-state index in [1.165, 1.54) is 51.0 Å². The highest BCUT2D eigenvalue weighted by atomic mass is 19.1. The van der Waals surface area contributed by atoms with Gasteiger partial charge in [-0.1, -0.05) is 27.7 Å². The summed E-state index contributed by atoms with van der Waals surface area (Å²) in [6.07, 6.45) is 12.5. The van der Waals surface area contributed by atoms with Gasteiger partial charge in [0.05, 0.1) is 70.3 Å². The van der Waals surface area contributed by atoms with E-state index in [2.05, 4.69) is 68.7 Å². The fourth-order valence-corrected chi connectivity index (χ4v) is 10.0. The van der Waals surface area contributed by atoms with Gasteiger partial charge in [0.1, 0.15) is 5.82 Å². The lowest BCUT2D eigenvalue weighted by Gasteiger charge is -2.33. The molecule has 4 aliphatic rings. The van der Waals surface area contributed by atoms with Crippen LogP contribution in [0.25, 0.3) is 33.4 Å². The Labute approximate surface area is 427 Å². The van der Waals surface area contributed by atoms with Crippen LogP contribution in [0.2, 0.25) is 0 Å². The highest BCUT2D eigenvalue weighted by Gasteiger charge is 2.30. The van der Waals surface area contributed by atoms with E-state index in [1.807, 2.05) is 29.9 Å². The molecule has 0 amide bonds. The highest BCUT2D eigenvalue weighted by molar-refractivity contribution is 6.00. The Kier molecular flexibility index (Phi) is 17.9. The minimum atomic E-state index is -0.611. The quantitative estimate of drug-likeness (QED) is 0.0858. The first-order valence-electron chi connectivity index (χ1n) is 26.2. The number of methoxy groups -OCH3 is 2. The molecule has 4 saturated heterocycles. The second kappa shape index (κ2) is 24.6. The summed E-state index contributed by atoms with van der Waals surface area (Å²) < 4.78 is 39.1. The first-order chi connectivity index (χ1) is 35.4. The van der Waals surface area contributed by atoms with Crippen molar-refractivity contribution in [2.75, 3.05) is 94.5 Å². The van der Waals surface area contributed by atoms with Gasteiger partial charge in [0, 0.05) is 78.0 Å². The van der Waals surface area contributed by atoms with Crippen molar-refractivity contribution in [3.8, 4) is 11.4 Å². The number of carbonyl (C=O) groups excluding carboxylic acids is 2. The van der Waals surface area contributed by atoms with Crippen molar-refractivity contribution in [1.29, 1.82) is 0 Å². The van der Waals surface area contributed by atoms with E-state index < -0.39 is 17.9 Å². The molecule has 6 aromatic rings. The number of esters is 2. The summed E-state index contributed by atoms with van der Waals surface area (Å²) in [5.74, 6) is -0.306. The molecule has 0 spiro atoms. The third-order valence-corrected chi connectivity index (χ3v) is 13.9. The SMILES string of the molecule is C1CCNC1.CCOC(=O)c1cc(N2CCC(OC)CC2)c2c(C(C)C)nn(-c3ccnc(F)c3)c2n1.CCOC(=O)c1cc(N2CCC(OC)CC2)c2c(C(C)C)nn(-c3ccnc(N4CCCC4)c3)c2n1. The zero-order valence-electron chi connectivity index (χ0n) is 43.9. The van der Waals surface area contributed by atoms with Crippen molar-refractivity contribution in [3.63, 3.8) is 0 Å². The molecule has 19 heteroatoms. The summed E-state index contributed by atoms with van der Waals surface area (Å²) in [7, 11) is 3.51. The van der Waals surface area contributed by atoms with Gasteiger partial charge >= 0.3 is 11.9 Å². The molecule has 6 aromatic heterocycles. The van der Waals surface area contributed by atoms with Crippen molar-refractivity contribution in [1.82, 2.24) is 44.8 Å². The standard InChI is InChI=1S/C27H36N6O3.C23H28FN5O3.C4H9N/c1-5-36-27(34)21-17-22(31-14-9-20(35-4)10-15-31)24-25(18(2)3)30-33(26(24)29-21)19-8-11-28-23(16-19)32-12-6-7-13-32;1-5-32-23(30)17-13-18(28-10-7-16(31-4)8-11-28)20-21(14(2)3)27-29(22(20)26-17)15-6-9-25-19(24)12-15;1-2-4-5-3-1/h8,11,16-18,20H,5-7,9-10,12-15H2,1-4H3;6,9,12-14,16H,5,7-8,10-11H2,1-4H3;5H,1-4H2. The van der Waals surface area contributed by atoms with Crippen LogP contribution in [0.1, 0.15) is 137 Å². The third kappa shape index (κ3) is 12.2. The Balaban J connectivity index is 0.000000179. The van der Waals surface area contributed by atoms with E-state index in [4.69, 9.17) is 34.1 Å². The van der Waals surface area contributed by atoms with E-state index in [9.17, 15) is 14.0 Å². The summed E-state index contributed by atoms with van der Waals surface area (Å²) in [6.45, 7) is 20.3. The summed E-state index contributed by atoms with van der Waals surface area (Å²) in [5, 5.41) is 14.9. The molecule has 0 bridgehead atoms. The lowest BCUT2D eigenvalue weighted by molar-refractivity contribution is 0.0510. The molecule has 4 aliphatic heterocycles. The van der Waals surface area contributed by atoms with Crippen molar-refractivity contribution < 1.29 is 32.9 Å². The largest absolute Gasteiger partial charge is 0.461 e. The molecule has 0 saturated carbocycles. The average Bonchev–Trinajstić information content (AvgIpc) is 4.27. The first kappa shape index (κ1) is 53.0. The van der Waals surface area contributed by atoms with Gasteiger partial charge in [-0.15, -0.1) is 0 Å². The van der Waals surface area contributed by atoms with Crippen molar-refractivity contribution in [3.05, 3.63) is 77.5 Å². The second-order valence-corrected chi connectivity index (χ2v) is 19.5. The van der Waals surface area contributed by atoms with Gasteiger partial charge in [-0.05, 0) is 114 Å². The predicted molar refractivity (Wildman–Crippen MR) is 281 cm³/mol. The molecule has 0 unspecified atom stereocenters. The summed E-state index contributed by atoms with van der Waals surface area (Å²) >= 11 is 0. The van der Waals surface area contributed by atoms with Gasteiger partial charge < -0.3 is 39.0 Å². The monoisotopic (exact) mass is 1000 g/mol. The Morgan fingerprint density at radius 1 is 0.630 bits per heavy atom. The number of pyridine rings is 4. The fourth-order valence-electron chi connectivity index (χ4n) is 10.0. The summed E-state index contributed by atoms with van der Waals surface area (Å²) in [6, 6.07) is 10.7. The number of ether oxygens (including phenoxy) is 4. The van der Waals surface area contributed by atoms with E-state index in [0.717, 1.165) is 110 Å². The topological polar surface area (TPSA) is 180 Å². The molecule has 1 N–H and O–H groups in total. The van der Waals surface area contributed by atoms with Crippen molar-refractivity contribution in [2.24, 2.45) is 0 Å². The number of halogens is 1. The number of rotatable bonds is 13. The maximum absolute atomic E-state index is 13.9. The van der Waals surface area contributed by atoms with Crippen LogP contribution in [-0.2, 0) is 18.9 Å². The molecule has 4 fully saturated rings. The van der Waals surface area contributed by atoms with E-state index in [0.29, 0.717) is 29.3 Å². The second-order valence-electron chi connectivity index (χ2n) is 19.5. The van der Waals surface area contributed by atoms with Gasteiger partial charge in [-0.3, -0.25) is 0 Å². The lowest BCUT2D eigenvalue weighted by atomic mass is 10.0. The average molecular weight is 1010 g/mol. The van der Waals surface area contributed by atoms with Gasteiger partial charge in [0.2, 0.25) is 5.95 Å². The number of nitrogens with one attached hydrogen (secondary N) is 1. The Morgan fingerprint density at radius 3 is 1.48 bits per heavy atom. The molecule has 0 atom stereocenters. The molecule has 73 heavy (non-hydrogen) atoms. The third-order valence-electron chi connectivity index (χ3n) is 13.9. The number of fused-ring (bicyclic) bond motifs is 2. The maximum Gasteiger partial charge on any atom is 0.357 e. The lowest BCUT2D eigenvalue weighted by Crippen LogP contribution is -2.37. The molecule has 0 aliphatic carbocycles. The van der Waals surface area contributed by atoms with Crippen LogP contribution in [0.4, 0.5) is 21.6 Å². The maximum atomic E-state index is 13.9. The minimum absolute atomic E-state index is 0.0935. The molecule has 392 valence electrons. The van der Waals surface area contributed by atoms with Gasteiger partial charge in [-0.25, -0.2) is 38.9 Å². The molecule has 0 aromatic carbocycles. The van der Waals surface area contributed by atoms with Crippen molar-refractivity contribution in [2.45, 2.75) is 117 Å². The first-order valence-corrected chi connectivity index (χ1v) is 26.2. The molecule has 18 nitrogen and oxygen atoms in total. The van der Waals surface area contributed by atoms with Crippen LogP contribution < -0.4 is 20.0 Å². The molecule has 10 heterocycles. The Hall–Kier alpha value is -6.31. The molecular weight excluding hydrogens is 932 g/mol. The van der Waals surface area contributed by atoms with Gasteiger partial charge in [-0.2, -0.15) is 14.6 Å². The number of carbonyl (C=O) groups is 2. The van der Waals surface area contributed by atoms with E-state index >= 15 is 0 Å². The summed E-state index contributed by atoms with van der Waals surface area (Å²) in [4.78, 5) is 50.1. The summed E-state index contributed by atoms with van der Waals surface area (Å²) in [5.41, 5.74) is 6.74. The molecule has 10 rings (SSSR count). The number of aromatic nitrogens is 8. The van der Waals surface area contributed by atoms with Crippen LogP contribution in [-0.4, -0.2) is 143 Å². The Bertz CT molecular complexity index is 2800. The van der Waals surface area contributed by atoms with Crippen LogP contribution in [0.3, 0.4) is 0 Å². The normalized spacial score (nSPS) is 16.6. The van der Waals surface area contributed by atoms with Crippen molar-refractivity contribution >= 4 is 51.2 Å². The Morgan fingerprint density at radius 2 is 1.08 bits per heavy atom. The smallest absolute Gasteiger partial charge is 0.357 e. The number of anilines is 3. The molecule has 0 radical (unpaired) electrons. The fraction of sp³-hybridized carbons (Fsp3) is 0.556. The number of hydrogen-bond donors (Lipinski definition) is 1. The zero-order valence-corrected chi connectivity index (χ0v) is 43.9. The molecular formula is C54H73FN12O6. The van der Waals surface area contributed by atoms with Gasteiger partial charge in [0.15, 0.2) is 22.7 Å². The van der Waals surface area contributed by atoms with Gasteiger partial charge in [0.25, 0.3) is 0 Å². The van der Waals surface area contributed by atoms with E-state index in [1.54, 1.807) is 38.0 Å². The van der Waals surface area contributed by atoms with Crippen LogP contribution in [0.5, 0.6) is 0 Å². The van der Waals surface area contributed by atoms with E-state index in [-0.39, 0.29) is 36.3 Å². The zero-order chi connectivity index (χ0) is 51.6. The minimum Gasteiger partial charge on any atom is -0.461 e. The number of nitrogens with zero attached hydrogens (tertiary/aromatic N) is 11. The predicted octanol–water partition coefficient (Wildman–Crippen LogP) is 8.57. The highest BCUT2D eigenvalue weighted by Crippen LogP contribution is 2.38.